The van der Waals surface area contributed by atoms with Gasteiger partial charge in [0.25, 0.3) is 0 Å². The molecule has 2 rings (SSSR count). The zero-order valence-corrected chi connectivity index (χ0v) is 17.0. The zero-order valence-electron chi connectivity index (χ0n) is 15.3. The van der Waals surface area contributed by atoms with Crippen molar-refractivity contribution in [2.75, 3.05) is 6.54 Å². The maximum Gasteiger partial charge on any atom is 0.249 e. The van der Waals surface area contributed by atoms with Crippen molar-refractivity contribution in [3.05, 3.63) is 29.8 Å². The van der Waals surface area contributed by atoms with Crippen LogP contribution in [0, 0.1) is 0 Å². The van der Waals surface area contributed by atoms with Crippen molar-refractivity contribution in [2.45, 2.75) is 62.8 Å². The first-order valence-electron chi connectivity index (χ1n) is 8.37. The van der Waals surface area contributed by atoms with Crippen LogP contribution in [-0.2, 0) is 26.1 Å². The fraction of sp³-hybridized carbons (Fsp3) is 0.588. The monoisotopic (exact) mass is 405 g/mol. The maximum atomic E-state index is 12.6. The molecule has 1 aliphatic heterocycles. The molecule has 0 unspecified atom stereocenters. The zero-order chi connectivity index (χ0) is 18.7. The number of sulfonamides is 1. The Bertz CT molecular complexity index is 719. The molecule has 1 saturated heterocycles. The second-order valence-corrected chi connectivity index (χ2v) is 8.89. The summed E-state index contributed by atoms with van der Waals surface area (Å²) in [5.74, 6) is -0.244. The van der Waals surface area contributed by atoms with Gasteiger partial charge in [0.1, 0.15) is 6.10 Å². The lowest BCUT2D eigenvalue weighted by atomic mass is 10.1. The highest BCUT2D eigenvalue weighted by molar-refractivity contribution is 7.89. The molecule has 7 nitrogen and oxygen atoms in total. The van der Waals surface area contributed by atoms with Crippen LogP contribution in [-0.4, -0.2) is 38.6 Å². The SMILES string of the molecule is CC(C)(C)NS(=O)(=O)c1ccccc1CNC(=O)[C@@H]1CC[C@H](CN)O1.Cl. The number of carbonyl (C=O) groups excluding carboxylic acids is 1. The highest BCUT2D eigenvalue weighted by Crippen LogP contribution is 2.20. The number of nitrogens with one attached hydrogen (secondary N) is 2. The Morgan fingerprint density at radius 1 is 1.27 bits per heavy atom. The summed E-state index contributed by atoms with van der Waals surface area (Å²) >= 11 is 0. The number of benzene rings is 1. The van der Waals surface area contributed by atoms with E-state index in [0.717, 1.165) is 6.42 Å². The van der Waals surface area contributed by atoms with Crippen molar-refractivity contribution in [1.29, 1.82) is 0 Å². The van der Waals surface area contributed by atoms with Gasteiger partial charge in [-0.05, 0) is 45.2 Å². The molecule has 4 N–H and O–H groups in total. The number of hydrogen-bond acceptors (Lipinski definition) is 5. The molecular weight excluding hydrogens is 378 g/mol. The lowest BCUT2D eigenvalue weighted by molar-refractivity contribution is -0.132. The fourth-order valence-electron chi connectivity index (χ4n) is 2.74. The molecule has 9 heteroatoms. The van der Waals surface area contributed by atoms with Gasteiger partial charge in [0, 0.05) is 18.6 Å². The van der Waals surface area contributed by atoms with Crippen LogP contribution in [0.25, 0.3) is 0 Å². The van der Waals surface area contributed by atoms with Gasteiger partial charge in [-0.1, -0.05) is 18.2 Å². The van der Waals surface area contributed by atoms with Gasteiger partial charge in [0.2, 0.25) is 15.9 Å². The number of hydrogen-bond donors (Lipinski definition) is 3. The standard InChI is InChI=1S/C17H27N3O4S.ClH/c1-17(2,3)20-25(22,23)15-7-5-4-6-12(15)11-19-16(21)14-9-8-13(10-18)24-14;/h4-7,13-14,20H,8-11,18H2,1-3H3,(H,19,21);1H/t13-,14+;/m1./s1. The van der Waals surface area contributed by atoms with Crippen LogP contribution in [0.1, 0.15) is 39.2 Å². The number of ether oxygens (including phenoxy) is 1. The summed E-state index contributed by atoms with van der Waals surface area (Å²) in [5, 5.41) is 2.76. The molecule has 1 aromatic carbocycles. The summed E-state index contributed by atoms with van der Waals surface area (Å²) < 4.78 is 33.4. The minimum absolute atomic E-state index is 0. The molecule has 2 atom stereocenters. The van der Waals surface area contributed by atoms with Crippen molar-refractivity contribution in [3.63, 3.8) is 0 Å². The molecule has 1 amide bonds. The summed E-state index contributed by atoms with van der Waals surface area (Å²) in [6.07, 6.45) is 0.776. The quantitative estimate of drug-likeness (QED) is 0.660. The minimum Gasteiger partial charge on any atom is -0.364 e. The number of amides is 1. The van der Waals surface area contributed by atoms with Crippen LogP contribution in [0.5, 0.6) is 0 Å². The lowest BCUT2D eigenvalue weighted by Crippen LogP contribution is -2.41. The van der Waals surface area contributed by atoms with Gasteiger partial charge < -0.3 is 15.8 Å². The Hall–Kier alpha value is -1.19. The van der Waals surface area contributed by atoms with Crippen LogP contribution in [0.2, 0.25) is 0 Å². The predicted molar refractivity (Wildman–Crippen MR) is 103 cm³/mol. The van der Waals surface area contributed by atoms with Gasteiger partial charge in [-0.3, -0.25) is 4.79 Å². The van der Waals surface area contributed by atoms with E-state index in [4.69, 9.17) is 10.5 Å². The van der Waals surface area contributed by atoms with Crippen molar-refractivity contribution < 1.29 is 17.9 Å². The molecular formula is C17H28ClN3O4S. The average Bonchev–Trinajstić information content (AvgIpc) is 2.99. The minimum atomic E-state index is -3.68. The van der Waals surface area contributed by atoms with Gasteiger partial charge in [0.05, 0.1) is 11.0 Å². The molecule has 26 heavy (non-hydrogen) atoms. The molecule has 148 valence electrons. The van der Waals surface area contributed by atoms with Crippen molar-refractivity contribution in [1.82, 2.24) is 10.0 Å². The van der Waals surface area contributed by atoms with Gasteiger partial charge >= 0.3 is 0 Å². The van der Waals surface area contributed by atoms with Crippen molar-refractivity contribution in [3.8, 4) is 0 Å². The normalized spacial score (nSPS) is 20.5. The van der Waals surface area contributed by atoms with E-state index in [2.05, 4.69) is 10.0 Å². The van der Waals surface area contributed by atoms with Crippen molar-refractivity contribution >= 4 is 28.3 Å². The molecule has 0 radical (unpaired) electrons. The van der Waals surface area contributed by atoms with Gasteiger partial charge in [-0.25, -0.2) is 13.1 Å². The molecule has 0 aromatic heterocycles. The highest BCUT2D eigenvalue weighted by Gasteiger charge is 2.30. The molecule has 0 aliphatic carbocycles. The third-order valence-corrected chi connectivity index (χ3v) is 5.68. The van der Waals surface area contributed by atoms with E-state index in [9.17, 15) is 13.2 Å². The molecule has 1 heterocycles. The molecule has 0 spiro atoms. The molecule has 1 aromatic rings. The average molecular weight is 406 g/mol. The first-order valence-corrected chi connectivity index (χ1v) is 9.86. The number of nitrogens with two attached hydrogens (primary N) is 1. The fourth-order valence-corrected chi connectivity index (χ4v) is 4.40. The summed E-state index contributed by atoms with van der Waals surface area (Å²) in [5.41, 5.74) is 5.48. The Balaban J connectivity index is 0.00000338. The van der Waals surface area contributed by atoms with E-state index in [-0.39, 0.29) is 35.9 Å². The highest BCUT2D eigenvalue weighted by atomic mass is 35.5. The topological polar surface area (TPSA) is 111 Å². The van der Waals surface area contributed by atoms with E-state index < -0.39 is 21.7 Å². The van der Waals surface area contributed by atoms with Crippen molar-refractivity contribution in [2.24, 2.45) is 5.73 Å². The number of halogens is 1. The maximum absolute atomic E-state index is 12.6. The Labute approximate surface area is 161 Å². The molecule has 1 fully saturated rings. The summed E-state index contributed by atoms with van der Waals surface area (Å²) in [6, 6.07) is 6.63. The van der Waals surface area contributed by atoms with E-state index >= 15 is 0 Å². The van der Waals surface area contributed by atoms with Gasteiger partial charge in [0.15, 0.2) is 0 Å². The second-order valence-electron chi connectivity index (χ2n) is 7.24. The Morgan fingerprint density at radius 3 is 2.50 bits per heavy atom. The third-order valence-electron chi connectivity index (χ3n) is 3.82. The summed E-state index contributed by atoms with van der Waals surface area (Å²) in [4.78, 5) is 12.4. The van der Waals surface area contributed by atoms with E-state index in [1.165, 1.54) is 6.07 Å². The second kappa shape index (κ2) is 9.14. The number of carbonyl (C=O) groups is 1. The third kappa shape index (κ3) is 6.21. The van der Waals surface area contributed by atoms with Gasteiger partial charge in [-0.2, -0.15) is 0 Å². The predicted octanol–water partition coefficient (Wildman–Crippen LogP) is 1.31. The van der Waals surface area contributed by atoms with E-state index in [0.29, 0.717) is 18.5 Å². The smallest absolute Gasteiger partial charge is 0.249 e. The largest absolute Gasteiger partial charge is 0.364 e. The molecule has 0 bridgehead atoms. The van der Waals surface area contributed by atoms with E-state index in [1.807, 2.05) is 0 Å². The van der Waals surface area contributed by atoms with Crippen LogP contribution in [0.4, 0.5) is 0 Å². The Kier molecular flexibility index (Phi) is 8.04. The first-order chi connectivity index (χ1) is 11.6. The van der Waals surface area contributed by atoms with Crippen LogP contribution in [0.15, 0.2) is 29.2 Å². The first kappa shape index (κ1) is 22.9. The van der Waals surface area contributed by atoms with Crippen LogP contribution in [0.3, 0.4) is 0 Å². The Morgan fingerprint density at radius 2 is 1.92 bits per heavy atom. The van der Waals surface area contributed by atoms with Crippen LogP contribution >= 0.6 is 12.4 Å². The number of rotatable bonds is 6. The summed E-state index contributed by atoms with van der Waals surface area (Å²) in [7, 11) is -3.68. The van der Waals surface area contributed by atoms with E-state index in [1.54, 1.807) is 39.0 Å². The van der Waals surface area contributed by atoms with Crippen LogP contribution < -0.4 is 15.8 Å². The lowest BCUT2D eigenvalue weighted by Gasteiger charge is -2.22. The molecule has 0 saturated carbocycles. The molecule has 1 aliphatic rings. The summed E-state index contributed by atoms with van der Waals surface area (Å²) in [6.45, 7) is 5.84. The van der Waals surface area contributed by atoms with Gasteiger partial charge in [-0.15, -0.1) is 12.4 Å².